The quantitative estimate of drug-likeness (QED) is 0.824. The van der Waals surface area contributed by atoms with Gasteiger partial charge in [0.2, 0.25) is 5.91 Å². The molecule has 1 aromatic heterocycles. The van der Waals surface area contributed by atoms with Crippen molar-refractivity contribution < 1.29 is 4.79 Å². The van der Waals surface area contributed by atoms with Crippen LogP contribution in [-0.2, 0) is 11.3 Å². The molecule has 3 aliphatic rings. The summed E-state index contributed by atoms with van der Waals surface area (Å²) in [6.07, 6.45) is 10.8. The third-order valence-corrected chi connectivity index (χ3v) is 7.26. The minimum absolute atomic E-state index is 0.237. The number of rotatable bonds is 5. The van der Waals surface area contributed by atoms with Gasteiger partial charge in [-0.25, -0.2) is 0 Å². The van der Waals surface area contributed by atoms with Crippen LogP contribution in [0.5, 0.6) is 0 Å². The predicted molar refractivity (Wildman–Crippen MR) is 117 cm³/mol. The minimum atomic E-state index is 0.237. The number of carbonyl (C=O) groups is 1. The van der Waals surface area contributed by atoms with Crippen LogP contribution in [0.25, 0.3) is 0 Å². The summed E-state index contributed by atoms with van der Waals surface area (Å²) >= 11 is 0. The SMILES string of the molecule is Cc1cccc(CN2CCC(N3CCC(C(=O)NC4CCCCC4)CC3)CC2)n1. The van der Waals surface area contributed by atoms with Crippen LogP contribution in [0.4, 0.5) is 0 Å². The lowest BCUT2D eigenvalue weighted by Crippen LogP contribution is -2.49. The molecule has 0 unspecified atom stereocenters. The largest absolute Gasteiger partial charge is 0.353 e. The standard InChI is InChI=1S/C24H38N4O/c1-19-6-5-9-22(25-19)18-27-14-12-23(13-15-27)28-16-10-20(11-17-28)24(29)26-21-7-3-2-4-8-21/h5-6,9,20-21,23H,2-4,7-8,10-18H2,1H3,(H,26,29). The smallest absolute Gasteiger partial charge is 0.223 e. The lowest BCUT2D eigenvalue weighted by Gasteiger charge is -2.41. The second-order valence-electron chi connectivity index (χ2n) is 9.43. The van der Waals surface area contributed by atoms with Crippen LogP contribution in [0, 0.1) is 12.8 Å². The van der Waals surface area contributed by atoms with Gasteiger partial charge in [0.15, 0.2) is 0 Å². The van der Waals surface area contributed by atoms with Crippen LogP contribution in [0.15, 0.2) is 18.2 Å². The van der Waals surface area contributed by atoms with Crippen LogP contribution in [0.2, 0.25) is 0 Å². The zero-order chi connectivity index (χ0) is 20.1. The Hall–Kier alpha value is -1.46. The van der Waals surface area contributed by atoms with E-state index in [-0.39, 0.29) is 5.92 Å². The molecule has 0 atom stereocenters. The molecular formula is C24H38N4O. The number of pyridine rings is 1. The number of aromatic nitrogens is 1. The van der Waals surface area contributed by atoms with Gasteiger partial charge in [0.25, 0.3) is 0 Å². The van der Waals surface area contributed by atoms with Gasteiger partial charge in [-0.1, -0.05) is 25.3 Å². The Morgan fingerprint density at radius 2 is 1.72 bits per heavy atom. The van der Waals surface area contributed by atoms with Crippen molar-refractivity contribution in [3.05, 3.63) is 29.6 Å². The molecule has 1 N–H and O–H groups in total. The first kappa shape index (κ1) is 20.8. The van der Waals surface area contributed by atoms with Crippen molar-refractivity contribution in [3.8, 4) is 0 Å². The highest BCUT2D eigenvalue weighted by atomic mass is 16.1. The summed E-state index contributed by atoms with van der Waals surface area (Å²) in [6.45, 7) is 7.52. The first-order valence-corrected chi connectivity index (χ1v) is 11.9. The molecule has 1 aromatic rings. The van der Waals surface area contributed by atoms with Crippen molar-refractivity contribution >= 4 is 5.91 Å². The van der Waals surface area contributed by atoms with Crippen LogP contribution >= 0.6 is 0 Å². The van der Waals surface area contributed by atoms with Gasteiger partial charge in [-0.2, -0.15) is 0 Å². The van der Waals surface area contributed by atoms with E-state index in [2.05, 4.69) is 45.2 Å². The molecule has 29 heavy (non-hydrogen) atoms. The maximum atomic E-state index is 12.6. The average molecular weight is 399 g/mol. The van der Waals surface area contributed by atoms with Crippen molar-refractivity contribution in [2.24, 2.45) is 5.92 Å². The lowest BCUT2D eigenvalue weighted by atomic mass is 9.91. The van der Waals surface area contributed by atoms with Gasteiger partial charge in [0.1, 0.15) is 0 Å². The first-order valence-electron chi connectivity index (χ1n) is 11.9. The summed E-state index contributed by atoms with van der Waals surface area (Å²) in [5, 5.41) is 3.35. The Balaban J connectivity index is 1.17. The summed E-state index contributed by atoms with van der Waals surface area (Å²) in [7, 11) is 0. The zero-order valence-electron chi connectivity index (χ0n) is 18.1. The Morgan fingerprint density at radius 1 is 1.00 bits per heavy atom. The summed E-state index contributed by atoms with van der Waals surface area (Å²) < 4.78 is 0. The monoisotopic (exact) mass is 398 g/mol. The van der Waals surface area contributed by atoms with Crippen LogP contribution in [0.3, 0.4) is 0 Å². The van der Waals surface area contributed by atoms with E-state index < -0.39 is 0 Å². The Kier molecular flexibility index (Phi) is 7.20. The topological polar surface area (TPSA) is 48.5 Å². The fourth-order valence-electron chi connectivity index (χ4n) is 5.45. The van der Waals surface area contributed by atoms with Crippen LogP contribution < -0.4 is 5.32 Å². The number of hydrogen-bond acceptors (Lipinski definition) is 4. The highest BCUT2D eigenvalue weighted by Gasteiger charge is 2.31. The second kappa shape index (κ2) is 10.0. The number of carbonyl (C=O) groups excluding carboxylic acids is 1. The number of piperidine rings is 2. The Labute approximate surface area is 176 Å². The van der Waals surface area contributed by atoms with E-state index in [1.165, 1.54) is 50.6 Å². The number of likely N-dealkylation sites (tertiary alicyclic amines) is 2. The molecular weight excluding hydrogens is 360 g/mol. The third-order valence-electron chi connectivity index (χ3n) is 7.26. The molecule has 5 heteroatoms. The molecule has 2 saturated heterocycles. The van der Waals surface area contributed by atoms with Gasteiger partial charge in [0.05, 0.1) is 5.69 Å². The summed E-state index contributed by atoms with van der Waals surface area (Å²) in [6, 6.07) is 7.45. The molecule has 4 rings (SSSR count). The highest BCUT2D eigenvalue weighted by molar-refractivity contribution is 5.79. The molecule has 5 nitrogen and oxygen atoms in total. The molecule has 160 valence electrons. The van der Waals surface area contributed by atoms with Gasteiger partial charge >= 0.3 is 0 Å². The van der Waals surface area contributed by atoms with E-state index in [1.807, 2.05) is 0 Å². The van der Waals surface area contributed by atoms with E-state index in [4.69, 9.17) is 0 Å². The van der Waals surface area contributed by atoms with E-state index in [1.54, 1.807) is 0 Å². The van der Waals surface area contributed by atoms with E-state index in [0.29, 0.717) is 18.0 Å². The number of hydrogen-bond donors (Lipinski definition) is 1. The Morgan fingerprint density at radius 3 is 2.41 bits per heavy atom. The molecule has 0 radical (unpaired) electrons. The minimum Gasteiger partial charge on any atom is -0.353 e. The Bertz CT molecular complexity index is 657. The maximum absolute atomic E-state index is 12.6. The van der Waals surface area contributed by atoms with Crippen molar-refractivity contribution in [2.75, 3.05) is 26.2 Å². The number of nitrogens with zero attached hydrogens (tertiary/aromatic N) is 3. The fourth-order valence-corrected chi connectivity index (χ4v) is 5.45. The third kappa shape index (κ3) is 5.79. The molecule has 0 bridgehead atoms. The van der Waals surface area contributed by atoms with E-state index in [0.717, 1.165) is 51.3 Å². The molecule has 3 fully saturated rings. The molecule has 3 heterocycles. The predicted octanol–water partition coefficient (Wildman–Crippen LogP) is 3.52. The van der Waals surface area contributed by atoms with Crippen LogP contribution in [-0.4, -0.2) is 59.0 Å². The summed E-state index contributed by atoms with van der Waals surface area (Å²) in [5.74, 6) is 0.567. The molecule has 0 spiro atoms. The second-order valence-corrected chi connectivity index (χ2v) is 9.43. The van der Waals surface area contributed by atoms with Gasteiger partial charge in [0, 0.05) is 43.3 Å². The fraction of sp³-hybridized carbons (Fsp3) is 0.750. The average Bonchev–Trinajstić information content (AvgIpc) is 2.75. The number of amides is 1. The van der Waals surface area contributed by atoms with Gasteiger partial charge < -0.3 is 10.2 Å². The van der Waals surface area contributed by atoms with Crippen LogP contribution in [0.1, 0.15) is 69.2 Å². The first-order chi connectivity index (χ1) is 14.2. The molecule has 1 aliphatic carbocycles. The normalized spacial score (nSPS) is 23.9. The molecule has 2 aliphatic heterocycles. The molecule has 1 saturated carbocycles. The number of aryl methyl sites for hydroxylation is 1. The van der Waals surface area contributed by atoms with Crippen molar-refractivity contribution in [1.82, 2.24) is 20.1 Å². The lowest BCUT2D eigenvalue weighted by molar-refractivity contribution is -0.127. The molecule has 1 amide bonds. The summed E-state index contributed by atoms with van der Waals surface area (Å²) in [4.78, 5) is 22.5. The van der Waals surface area contributed by atoms with Gasteiger partial charge in [-0.05, 0) is 70.7 Å². The van der Waals surface area contributed by atoms with Crippen molar-refractivity contribution in [2.45, 2.75) is 83.3 Å². The highest BCUT2D eigenvalue weighted by Crippen LogP contribution is 2.25. The van der Waals surface area contributed by atoms with Crippen molar-refractivity contribution in [1.29, 1.82) is 0 Å². The van der Waals surface area contributed by atoms with Gasteiger partial charge in [-0.3, -0.25) is 14.7 Å². The van der Waals surface area contributed by atoms with Gasteiger partial charge in [-0.15, -0.1) is 0 Å². The summed E-state index contributed by atoms with van der Waals surface area (Å²) in [5.41, 5.74) is 2.29. The zero-order valence-corrected chi connectivity index (χ0v) is 18.1. The molecule has 0 aromatic carbocycles. The maximum Gasteiger partial charge on any atom is 0.223 e. The van der Waals surface area contributed by atoms with Crippen molar-refractivity contribution in [3.63, 3.8) is 0 Å². The van der Waals surface area contributed by atoms with E-state index >= 15 is 0 Å². The number of nitrogens with one attached hydrogen (secondary N) is 1. The van der Waals surface area contributed by atoms with E-state index in [9.17, 15) is 4.79 Å².